The first-order valence-corrected chi connectivity index (χ1v) is 13.8. The number of benzene rings is 3. The van der Waals surface area contributed by atoms with Gasteiger partial charge in [0.1, 0.15) is 5.75 Å². The summed E-state index contributed by atoms with van der Waals surface area (Å²) in [5.41, 5.74) is 5.05. The molecule has 0 fully saturated rings. The first-order valence-electron chi connectivity index (χ1n) is 13.0. The van der Waals surface area contributed by atoms with E-state index in [0.717, 1.165) is 33.3 Å². The van der Waals surface area contributed by atoms with E-state index in [9.17, 15) is 9.59 Å². The Labute approximate surface area is 234 Å². The van der Waals surface area contributed by atoms with Gasteiger partial charge in [0.15, 0.2) is 4.80 Å². The second kappa shape index (κ2) is 10.5. The summed E-state index contributed by atoms with van der Waals surface area (Å²) in [5, 5.41) is 1.04. The van der Waals surface area contributed by atoms with Crippen LogP contribution in [0.1, 0.15) is 35.3 Å². The Bertz CT molecular complexity index is 1950. The van der Waals surface area contributed by atoms with Crippen molar-refractivity contribution in [3.05, 3.63) is 127 Å². The third-order valence-corrected chi connectivity index (χ3v) is 8.01. The van der Waals surface area contributed by atoms with Gasteiger partial charge in [-0.25, -0.2) is 9.79 Å². The van der Waals surface area contributed by atoms with Crippen molar-refractivity contribution in [2.75, 3.05) is 13.7 Å². The van der Waals surface area contributed by atoms with Gasteiger partial charge in [-0.05, 0) is 43.7 Å². The molecule has 3 heterocycles. The number of nitrogens with one attached hydrogen (secondary N) is 1. The fourth-order valence-corrected chi connectivity index (χ4v) is 6.14. The highest BCUT2D eigenvalue weighted by Crippen LogP contribution is 2.35. The van der Waals surface area contributed by atoms with E-state index in [4.69, 9.17) is 14.5 Å². The standard InChI is InChI=1S/C32H27N3O4S/c1-4-39-31(37)27-28(20-10-6-5-7-11-20)34-32-35(29(27)21-14-16-22(38-3)17-15-21)30(36)26(40-32)18-24-19(2)33-25-13-9-8-12-23(24)25/h5-18,29,33H,4H2,1-3H3/b26-18-/t29-/m0/s1. The number of aromatic nitrogens is 2. The topological polar surface area (TPSA) is 85.7 Å². The number of thiazole rings is 1. The van der Waals surface area contributed by atoms with Crippen molar-refractivity contribution in [1.29, 1.82) is 0 Å². The number of nitrogens with zero attached hydrogens (tertiary/aromatic N) is 2. The Morgan fingerprint density at radius 1 is 1.05 bits per heavy atom. The molecule has 0 spiro atoms. The number of carbonyl (C=O) groups excluding carboxylic acids is 1. The van der Waals surface area contributed by atoms with E-state index < -0.39 is 12.0 Å². The summed E-state index contributed by atoms with van der Waals surface area (Å²) < 4.78 is 13.0. The second-order valence-corrected chi connectivity index (χ2v) is 10.4. The molecule has 6 rings (SSSR count). The molecule has 200 valence electrons. The number of methoxy groups -OCH3 is 1. The molecule has 0 bridgehead atoms. The lowest BCUT2D eigenvalue weighted by Gasteiger charge is -2.26. The molecule has 0 amide bonds. The van der Waals surface area contributed by atoms with Gasteiger partial charge in [0, 0.05) is 27.7 Å². The number of H-pyrrole nitrogens is 1. The molecule has 7 nitrogen and oxygen atoms in total. The Balaban J connectivity index is 1.66. The van der Waals surface area contributed by atoms with E-state index >= 15 is 0 Å². The number of para-hydroxylation sites is 1. The smallest absolute Gasteiger partial charge is 0.338 e. The largest absolute Gasteiger partial charge is 0.497 e. The minimum atomic E-state index is -0.734. The van der Waals surface area contributed by atoms with Gasteiger partial charge in [0.2, 0.25) is 0 Å². The van der Waals surface area contributed by atoms with E-state index in [2.05, 4.69) is 4.98 Å². The number of hydrogen-bond donors (Lipinski definition) is 1. The summed E-state index contributed by atoms with van der Waals surface area (Å²) in [6, 6.07) is 24.2. The van der Waals surface area contributed by atoms with Crippen LogP contribution in [0.4, 0.5) is 0 Å². The van der Waals surface area contributed by atoms with Gasteiger partial charge < -0.3 is 14.5 Å². The summed E-state index contributed by atoms with van der Waals surface area (Å²) in [6.45, 7) is 3.96. The number of hydrogen-bond acceptors (Lipinski definition) is 6. The van der Waals surface area contributed by atoms with Crippen molar-refractivity contribution < 1.29 is 14.3 Å². The maximum Gasteiger partial charge on any atom is 0.338 e. The molecule has 1 atom stereocenters. The second-order valence-electron chi connectivity index (χ2n) is 9.41. The fraction of sp³-hybridized carbons (Fsp3) is 0.156. The average Bonchev–Trinajstić information content (AvgIpc) is 3.47. The molecule has 3 aromatic carbocycles. The van der Waals surface area contributed by atoms with Crippen LogP contribution in [0.3, 0.4) is 0 Å². The van der Waals surface area contributed by atoms with Crippen molar-refractivity contribution in [3.63, 3.8) is 0 Å². The number of aryl methyl sites for hydroxylation is 1. The molecule has 1 aliphatic heterocycles. The molecule has 40 heavy (non-hydrogen) atoms. The monoisotopic (exact) mass is 549 g/mol. The van der Waals surface area contributed by atoms with Crippen LogP contribution in [0, 0.1) is 6.92 Å². The Hall–Kier alpha value is -4.69. The van der Waals surface area contributed by atoms with E-state index in [1.54, 1.807) is 18.6 Å². The summed E-state index contributed by atoms with van der Waals surface area (Å²) in [4.78, 5) is 36.5. The molecule has 5 aromatic rings. The van der Waals surface area contributed by atoms with Gasteiger partial charge in [-0.2, -0.15) is 0 Å². The van der Waals surface area contributed by atoms with Crippen molar-refractivity contribution >= 4 is 40.0 Å². The molecule has 2 aromatic heterocycles. The summed E-state index contributed by atoms with van der Waals surface area (Å²) in [6.07, 6.45) is 1.92. The number of fused-ring (bicyclic) bond motifs is 2. The van der Waals surface area contributed by atoms with Gasteiger partial charge >= 0.3 is 5.97 Å². The van der Waals surface area contributed by atoms with Gasteiger partial charge in [0.25, 0.3) is 5.56 Å². The predicted octanol–water partition coefficient (Wildman–Crippen LogP) is 4.73. The number of aromatic amines is 1. The van der Waals surface area contributed by atoms with Crippen LogP contribution >= 0.6 is 11.3 Å². The molecule has 0 aliphatic carbocycles. The highest BCUT2D eigenvalue weighted by Gasteiger charge is 2.35. The Morgan fingerprint density at radius 3 is 2.50 bits per heavy atom. The maximum absolute atomic E-state index is 14.1. The number of esters is 1. The third kappa shape index (κ3) is 4.36. The maximum atomic E-state index is 14.1. The molecule has 0 saturated carbocycles. The highest BCUT2D eigenvalue weighted by atomic mass is 32.1. The lowest BCUT2D eigenvalue weighted by Crippen LogP contribution is -2.40. The molecule has 8 heteroatoms. The van der Waals surface area contributed by atoms with Crippen LogP contribution in [0.2, 0.25) is 0 Å². The normalized spacial score (nSPS) is 15.2. The van der Waals surface area contributed by atoms with Gasteiger partial charge in [-0.15, -0.1) is 0 Å². The van der Waals surface area contributed by atoms with Crippen LogP contribution in [0.25, 0.3) is 22.7 Å². The highest BCUT2D eigenvalue weighted by molar-refractivity contribution is 7.07. The van der Waals surface area contributed by atoms with Crippen LogP contribution in [0.15, 0.2) is 94.2 Å². The molecule has 1 aliphatic rings. The summed E-state index contributed by atoms with van der Waals surface area (Å²) in [7, 11) is 1.60. The van der Waals surface area contributed by atoms with E-state index in [1.165, 1.54) is 11.3 Å². The zero-order valence-electron chi connectivity index (χ0n) is 22.3. The summed E-state index contributed by atoms with van der Waals surface area (Å²) in [5.74, 6) is 0.170. The molecular formula is C32H27N3O4S. The molecule has 0 radical (unpaired) electrons. The number of carbonyl (C=O) groups is 1. The van der Waals surface area contributed by atoms with Gasteiger partial charge in [0.05, 0.1) is 35.6 Å². The average molecular weight is 550 g/mol. The van der Waals surface area contributed by atoms with Crippen LogP contribution in [0.5, 0.6) is 5.75 Å². The SMILES string of the molecule is CCOC(=O)C1=C(c2ccccc2)N=c2s/c(=C\c3c(C)[nH]c4ccccc34)c(=O)n2[C@H]1c1ccc(OC)cc1. The van der Waals surface area contributed by atoms with E-state index in [0.29, 0.717) is 26.4 Å². The zero-order valence-corrected chi connectivity index (χ0v) is 23.1. The molecule has 0 saturated heterocycles. The van der Waals surface area contributed by atoms with Crippen LogP contribution in [-0.2, 0) is 9.53 Å². The van der Waals surface area contributed by atoms with Crippen molar-refractivity contribution in [1.82, 2.24) is 9.55 Å². The number of ether oxygens (including phenoxy) is 2. The summed E-state index contributed by atoms with van der Waals surface area (Å²) >= 11 is 1.31. The van der Waals surface area contributed by atoms with Crippen molar-refractivity contribution in [2.45, 2.75) is 19.9 Å². The Morgan fingerprint density at radius 2 is 1.77 bits per heavy atom. The van der Waals surface area contributed by atoms with Crippen LogP contribution < -0.4 is 19.6 Å². The predicted molar refractivity (Wildman–Crippen MR) is 157 cm³/mol. The fourth-order valence-electron chi connectivity index (χ4n) is 5.16. The van der Waals surface area contributed by atoms with E-state index in [1.807, 2.05) is 91.9 Å². The number of rotatable bonds is 6. The quantitative estimate of drug-likeness (QED) is 0.310. The van der Waals surface area contributed by atoms with Crippen molar-refractivity contribution in [2.24, 2.45) is 4.99 Å². The van der Waals surface area contributed by atoms with Gasteiger partial charge in [-0.3, -0.25) is 9.36 Å². The third-order valence-electron chi connectivity index (χ3n) is 7.02. The molecule has 0 unspecified atom stereocenters. The first-order chi connectivity index (χ1) is 19.5. The minimum absolute atomic E-state index is 0.198. The minimum Gasteiger partial charge on any atom is -0.497 e. The first kappa shape index (κ1) is 25.6. The lowest BCUT2D eigenvalue weighted by molar-refractivity contribution is -0.138. The van der Waals surface area contributed by atoms with Crippen LogP contribution in [-0.4, -0.2) is 29.2 Å². The van der Waals surface area contributed by atoms with Crippen molar-refractivity contribution in [3.8, 4) is 5.75 Å². The lowest BCUT2D eigenvalue weighted by atomic mass is 9.93. The molecule has 1 N–H and O–H groups in total. The Kier molecular flexibility index (Phi) is 6.69. The van der Waals surface area contributed by atoms with E-state index in [-0.39, 0.29) is 12.2 Å². The molecular weight excluding hydrogens is 522 g/mol. The van der Waals surface area contributed by atoms with Gasteiger partial charge in [-0.1, -0.05) is 72.0 Å². The zero-order chi connectivity index (χ0) is 27.8.